The average molecular weight is 439 g/mol. The van der Waals surface area contributed by atoms with Gasteiger partial charge < -0.3 is 20.4 Å². The van der Waals surface area contributed by atoms with Crippen LogP contribution in [0.25, 0.3) is 0 Å². The molecule has 0 saturated carbocycles. The third-order valence-corrected chi connectivity index (χ3v) is 4.55. The summed E-state index contributed by atoms with van der Waals surface area (Å²) in [5.74, 6) is 0.517. The van der Waals surface area contributed by atoms with Crippen LogP contribution in [0.5, 0.6) is 0 Å². The van der Waals surface area contributed by atoms with Gasteiger partial charge in [0.25, 0.3) is 0 Å². The third kappa shape index (κ3) is 8.62. The molecule has 29 heavy (non-hydrogen) atoms. The molecule has 0 atom stereocenters. The molecule has 0 saturated heterocycles. The van der Waals surface area contributed by atoms with Gasteiger partial charge in [0.05, 0.1) is 10.0 Å². The van der Waals surface area contributed by atoms with E-state index in [0.29, 0.717) is 21.7 Å². The van der Waals surface area contributed by atoms with E-state index in [2.05, 4.69) is 24.5 Å². The van der Waals surface area contributed by atoms with E-state index in [1.807, 2.05) is 24.3 Å². The maximum atomic E-state index is 11.3. The van der Waals surface area contributed by atoms with Crippen molar-refractivity contribution >= 4 is 46.6 Å². The third-order valence-electron chi connectivity index (χ3n) is 3.81. The zero-order valence-corrected chi connectivity index (χ0v) is 19.1. The highest BCUT2D eigenvalue weighted by Crippen LogP contribution is 2.25. The van der Waals surface area contributed by atoms with Crippen molar-refractivity contribution in [1.82, 2.24) is 9.80 Å². The fourth-order valence-electron chi connectivity index (χ4n) is 2.00. The van der Waals surface area contributed by atoms with Crippen LogP contribution in [-0.2, 0) is 0 Å². The van der Waals surface area contributed by atoms with Crippen molar-refractivity contribution in [1.29, 1.82) is 0 Å². The summed E-state index contributed by atoms with van der Waals surface area (Å²) < 4.78 is 0. The summed E-state index contributed by atoms with van der Waals surface area (Å²) in [6.07, 6.45) is 0. The van der Waals surface area contributed by atoms with Gasteiger partial charge in [0.15, 0.2) is 0 Å². The highest BCUT2D eigenvalue weighted by atomic mass is 35.5. The predicted octanol–water partition coefficient (Wildman–Crippen LogP) is 5.99. The van der Waals surface area contributed by atoms with E-state index in [1.54, 1.807) is 46.4 Å². The Morgan fingerprint density at radius 2 is 1.21 bits per heavy atom. The first-order valence-electron chi connectivity index (χ1n) is 9.03. The fourth-order valence-corrected chi connectivity index (χ4v) is 2.29. The standard InChI is InChI=1S/C12H18N2O.C9H10Cl2N2O/c1-9(2)10-5-7-11(8-6-10)13-12(15)14(3)4;1-13(2)9(14)12-6-3-4-7(10)8(11)5-6/h5-9H,1-4H3,(H,13,15);3-5H,1-2H3,(H,12,14). The molecule has 2 rings (SSSR count). The first-order chi connectivity index (χ1) is 13.5. The second-order valence-corrected chi connectivity index (χ2v) is 7.87. The van der Waals surface area contributed by atoms with Crippen LogP contribution < -0.4 is 10.6 Å². The zero-order chi connectivity index (χ0) is 22.1. The number of nitrogens with one attached hydrogen (secondary N) is 2. The molecule has 0 spiro atoms. The van der Waals surface area contributed by atoms with Crippen molar-refractivity contribution in [3.8, 4) is 0 Å². The molecule has 6 nitrogen and oxygen atoms in total. The van der Waals surface area contributed by atoms with Crippen molar-refractivity contribution in [2.45, 2.75) is 19.8 Å². The summed E-state index contributed by atoms with van der Waals surface area (Å²) in [6, 6.07) is 12.5. The van der Waals surface area contributed by atoms with E-state index in [0.717, 1.165) is 5.69 Å². The van der Waals surface area contributed by atoms with Crippen LogP contribution in [0, 0.1) is 0 Å². The lowest BCUT2D eigenvalue weighted by Gasteiger charge is -2.12. The van der Waals surface area contributed by atoms with Crippen molar-refractivity contribution in [3.63, 3.8) is 0 Å². The van der Waals surface area contributed by atoms with Crippen molar-refractivity contribution < 1.29 is 9.59 Å². The molecule has 0 fully saturated rings. The van der Waals surface area contributed by atoms with Gasteiger partial charge in [-0.25, -0.2) is 9.59 Å². The number of amides is 4. The fraction of sp³-hybridized carbons (Fsp3) is 0.333. The maximum absolute atomic E-state index is 11.3. The molecule has 0 aliphatic heterocycles. The first kappa shape index (κ1) is 24.6. The number of halogens is 2. The SMILES string of the molecule is CC(C)c1ccc(NC(=O)N(C)C)cc1.CN(C)C(=O)Nc1ccc(Cl)c(Cl)c1. The molecule has 0 bridgehead atoms. The number of hydrogen-bond acceptors (Lipinski definition) is 2. The molecule has 0 heterocycles. The van der Waals surface area contributed by atoms with Crippen LogP contribution in [0.3, 0.4) is 0 Å². The van der Waals surface area contributed by atoms with Gasteiger partial charge in [-0.3, -0.25) is 0 Å². The normalized spacial score (nSPS) is 9.97. The quantitative estimate of drug-likeness (QED) is 0.617. The lowest BCUT2D eigenvalue weighted by molar-refractivity contribution is 0.230. The lowest BCUT2D eigenvalue weighted by atomic mass is 10.0. The number of urea groups is 2. The Bertz CT molecular complexity index is 822. The molecule has 2 aromatic rings. The number of carbonyl (C=O) groups is 2. The summed E-state index contributed by atoms with van der Waals surface area (Å²) in [5, 5.41) is 6.33. The van der Waals surface area contributed by atoms with Crippen LogP contribution in [0.1, 0.15) is 25.3 Å². The average Bonchev–Trinajstić information content (AvgIpc) is 2.65. The molecule has 2 aromatic carbocycles. The monoisotopic (exact) mass is 438 g/mol. The molecular weight excluding hydrogens is 411 g/mol. The van der Waals surface area contributed by atoms with Crippen LogP contribution in [0.15, 0.2) is 42.5 Å². The zero-order valence-electron chi connectivity index (χ0n) is 17.6. The highest BCUT2D eigenvalue weighted by Gasteiger charge is 2.05. The summed E-state index contributed by atoms with van der Waals surface area (Å²) in [7, 11) is 6.76. The van der Waals surface area contributed by atoms with Crippen LogP contribution in [-0.4, -0.2) is 50.1 Å². The van der Waals surface area contributed by atoms with Gasteiger partial charge in [-0.1, -0.05) is 49.2 Å². The summed E-state index contributed by atoms with van der Waals surface area (Å²) in [4.78, 5) is 25.5. The topological polar surface area (TPSA) is 64.7 Å². The molecule has 2 N–H and O–H groups in total. The van der Waals surface area contributed by atoms with E-state index < -0.39 is 0 Å². The number of benzene rings is 2. The summed E-state index contributed by atoms with van der Waals surface area (Å²) in [6.45, 7) is 4.29. The minimum absolute atomic E-state index is 0.104. The number of hydrogen-bond donors (Lipinski definition) is 2. The van der Waals surface area contributed by atoms with Gasteiger partial charge in [0.2, 0.25) is 0 Å². The minimum atomic E-state index is -0.205. The molecule has 0 radical (unpaired) electrons. The van der Waals surface area contributed by atoms with Crippen LogP contribution >= 0.6 is 23.2 Å². The molecule has 0 aliphatic carbocycles. The van der Waals surface area contributed by atoms with E-state index in [9.17, 15) is 9.59 Å². The number of nitrogens with zero attached hydrogens (tertiary/aromatic N) is 2. The second-order valence-electron chi connectivity index (χ2n) is 7.05. The van der Waals surface area contributed by atoms with E-state index in [4.69, 9.17) is 23.2 Å². The van der Waals surface area contributed by atoms with Crippen molar-refractivity contribution in [3.05, 3.63) is 58.1 Å². The Morgan fingerprint density at radius 3 is 1.62 bits per heavy atom. The Balaban J connectivity index is 0.000000291. The smallest absolute Gasteiger partial charge is 0.321 e. The number of carbonyl (C=O) groups excluding carboxylic acids is 2. The van der Waals surface area contributed by atoms with Gasteiger partial charge in [-0.05, 0) is 41.8 Å². The Kier molecular flexibility index (Phi) is 9.78. The Morgan fingerprint density at radius 1 is 0.759 bits per heavy atom. The second kappa shape index (κ2) is 11.5. The van der Waals surface area contributed by atoms with E-state index >= 15 is 0 Å². The summed E-state index contributed by atoms with van der Waals surface area (Å²) in [5.41, 5.74) is 2.73. The number of anilines is 2. The van der Waals surface area contributed by atoms with Crippen molar-refractivity contribution in [2.24, 2.45) is 0 Å². The molecule has 0 unspecified atom stereocenters. The Hall–Kier alpha value is -2.44. The molecule has 0 aromatic heterocycles. The Labute approximate surface area is 182 Å². The van der Waals surface area contributed by atoms with Gasteiger partial charge >= 0.3 is 12.1 Å². The molecule has 158 valence electrons. The van der Waals surface area contributed by atoms with Crippen LogP contribution in [0.4, 0.5) is 21.0 Å². The van der Waals surface area contributed by atoms with Gasteiger partial charge in [0.1, 0.15) is 0 Å². The number of rotatable bonds is 3. The molecule has 4 amide bonds. The maximum Gasteiger partial charge on any atom is 0.321 e. The predicted molar refractivity (Wildman–Crippen MR) is 122 cm³/mol. The van der Waals surface area contributed by atoms with E-state index in [-0.39, 0.29) is 12.1 Å². The van der Waals surface area contributed by atoms with Gasteiger partial charge in [-0.2, -0.15) is 0 Å². The van der Waals surface area contributed by atoms with Crippen molar-refractivity contribution in [2.75, 3.05) is 38.8 Å². The van der Waals surface area contributed by atoms with Crippen LogP contribution in [0.2, 0.25) is 10.0 Å². The summed E-state index contributed by atoms with van der Waals surface area (Å²) >= 11 is 11.5. The lowest BCUT2D eigenvalue weighted by Crippen LogP contribution is -2.27. The van der Waals surface area contributed by atoms with E-state index in [1.165, 1.54) is 15.4 Å². The van der Waals surface area contributed by atoms with Gasteiger partial charge in [-0.15, -0.1) is 0 Å². The first-order valence-corrected chi connectivity index (χ1v) is 9.78. The highest BCUT2D eigenvalue weighted by molar-refractivity contribution is 6.42. The largest absolute Gasteiger partial charge is 0.331 e. The minimum Gasteiger partial charge on any atom is -0.331 e. The molecule has 0 aliphatic rings. The van der Waals surface area contributed by atoms with Gasteiger partial charge in [0, 0.05) is 39.6 Å². The molecular formula is C21H28Cl2N4O2. The molecule has 8 heteroatoms.